The van der Waals surface area contributed by atoms with Gasteiger partial charge in [0.2, 0.25) is 0 Å². The standard InChI is InChI=1S/C12H22O/c1-9-4-5-11(8-10(9)2)12(13)6-3-7-12/h9-11,13H,3-8H2,1-2H3. The minimum absolute atomic E-state index is 0.242. The predicted octanol–water partition coefficient (Wildman–Crippen LogP) is 2.97. The van der Waals surface area contributed by atoms with Gasteiger partial charge in [0.05, 0.1) is 5.60 Å². The third kappa shape index (κ3) is 1.63. The van der Waals surface area contributed by atoms with Crippen LogP contribution in [0.5, 0.6) is 0 Å². The van der Waals surface area contributed by atoms with Crippen LogP contribution in [0.15, 0.2) is 0 Å². The lowest BCUT2D eigenvalue weighted by Gasteiger charge is -2.47. The topological polar surface area (TPSA) is 20.2 Å². The highest BCUT2D eigenvalue weighted by atomic mass is 16.3. The first-order chi connectivity index (χ1) is 6.12. The van der Waals surface area contributed by atoms with Crippen LogP contribution in [0, 0.1) is 17.8 Å². The summed E-state index contributed by atoms with van der Waals surface area (Å²) in [5.74, 6) is 2.32. The highest BCUT2D eigenvalue weighted by Crippen LogP contribution is 2.47. The third-order valence-electron chi connectivity index (χ3n) is 4.58. The summed E-state index contributed by atoms with van der Waals surface area (Å²) in [5.41, 5.74) is -0.242. The van der Waals surface area contributed by atoms with E-state index in [0.717, 1.165) is 24.7 Å². The van der Waals surface area contributed by atoms with Crippen molar-refractivity contribution < 1.29 is 5.11 Å². The van der Waals surface area contributed by atoms with Crippen molar-refractivity contribution in [2.24, 2.45) is 17.8 Å². The summed E-state index contributed by atoms with van der Waals surface area (Å²) < 4.78 is 0. The van der Waals surface area contributed by atoms with Crippen LogP contribution in [0.4, 0.5) is 0 Å². The van der Waals surface area contributed by atoms with Crippen LogP contribution in [0.25, 0.3) is 0 Å². The molecular weight excluding hydrogens is 160 g/mol. The van der Waals surface area contributed by atoms with Crippen LogP contribution in [0.1, 0.15) is 52.4 Å². The first kappa shape index (κ1) is 9.51. The maximum Gasteiger partial charge on any atom is 0.0676 e. The molecule has 0 bridgehead atoms. The summed E-state index contributed by atoms with van der Waals surface area (Å²) in [5, 5.41) is 10.2. The van der Waals surface area contributed by atoms with Gasteiger partial charge in [-0.1, -0.05) is 20.3 Å². The molecule has 0 saturated heterocycles. The molecule has 3 unspecified atom stereocenters. The third-order valence-corrected chi connectivity index (χ3v) is 4.58. The van der Waals surface area contributed by atoms with Gasteiger partial charge in [0.25, 0.3) is 0 Å². The fraction of sp³-hybridized carbons (Fsp3) is 1.00. The maximum absolute atomic E-state index is 10.2. The van der Waals surface area contributed by atoms with E-state index in [0.29, 0.717) is 5.92 Å². The lowest BCUT2D eigenvalue weighted by molar-refractivity contribution is -0.103. The van der Waals surface area contributed by atoms with Crippen molar-refractivity contribution in [2.75, 3.05) is 0 Å². The van der Waals surface area contributed by atoms with E-state index in [2.05, 4.69) is 13.8 Å². The molecule has 0 aliphatic heterocycles. The van der Waals surface area contributed by atoms with E-state index in [1.807, 2.05) is 0 Å². The molecule has 0 spiro atoms. The fourth-order valence-corrected chi connectivity index (χ4v) is 2.98. The number of hydrogen-bond acceptors (Lipinski definition) is 1. The van der Waals surface area contributed by atoms with Crippen molar-refractivity contribution in [1.82, 2.24) is 0 Å². The molecule has 0 aromatic rings. The van der Waals surface area contributed by atoms with E-state index < -0.39 is 0 Å². The van der Waals surface area contributed by atoms with Gasteiger partial charge in [-0.25, -0.2) is 0 Å². The molecule has 2 aliphatic rings. The van der Waals surface area contributed by atoms with Gasteiger partial charge in [-0.3, -0.25) is 0 Å². The normalized spacial score (nSPS) is 44.1. The molecule has 1 heteroatoms. The average molecular weight is 182 g/mol. The molecule has 0 radical (unpaired) electrons. The van der Waals surface area contributed by atoms with Crippen molar-refractivity contribution in [3.8, 4) is 0 Å². The quantitative estimate of drug-likeness (QED) is 0.661. The molecule has 0 aromatic heterocycles. The van der Waals surface area contributed by atoms with Crippen LogP contribution >= 0.6 is 0 Å². The first-order valence-corrected chi connectivity index (χ1v) is 5.84. The fourth-order valence-electron chi connectivity index (χ4n) is 2.98. The Labute approximate surface area is 81.5 Å². The Kier molecular flexibility index (Phi) is 2.39. The van der Waals surface area contributed by atoms with Crippen molar-refractivity contribution in [2.45, 2.75) is 58.0 Å². The Morgan fingerprint density at radius 2 is 1.77 bits per heavy atom. The molecule has 2 rings (SSSR count). The second kappa shape index (κ2) is 3.27. The maximum atomic E-state index is 10.2. The zero-order chi connectivity index (χ0) is 9.47. The van der Waals surface area contributed by atoms with Crippen molar-refractivity contribution >= 4 is 0 Å². The van der Waals surface area contributed by atoms with Crippen LogP contribution < -0.4 is 0 Å². The molecule has 0 amide bonds. The van der Waals surface area contributed by atoms with Gasteiger partial charge in [-0.05, 0) is 49.9 Å². The summed E-state index contributed by atoms with van der Waals surface area (Å²) in [7, 11) is 0. The zero-order valence-corrected chi connectivity index (χ0v) is 8.92. The Morgan fingerprint density at radius 3 is 2.23 bits per heavy atom. The summed E-state index contributed by atoms with van der Waals surface area (Å²) in [4.78, 5) is 0. The lowest BCUT2D eigenvalue weighted by atomic mass is 9.62. The van der Waals surface area contributed by atoms with Crippen molar-refractivity contribution in [3.63, 3.8) is 0 Å². The molecular formula is C12H22O. The van der Waals surface area contributed by atoms with Crippen LogP contribution in [0.2, 0.25) is 0 Å². The van der Waals surface area contributed by atoms with Gasteiger partial charge >= 0.3 is 0 Å². The molecule has 0 aromatic carbocycles. The van der Waals surface area contributed by atoms with E-state index in [-0.39, 0.29) is 5.60 Å². The first-order valence-electron chi connectivity index (χ1n) is 5.84. The van der Waals surface area contributed by atoms with Crippen LogP contribution in [-0.4, -0.2) is 10.7 Å². The van der Waals surface area contributed by atoms with Gasteiger partial charge < -0.3 is 5.11 Å². The highest BCUT2D eigenvalue weighted by Gasteiger charge is 2.44. The Bertz CT molecular complexity index is 184. The molecule has 3 atom stereocenters. The van der Waals surface area contributed by atoms with Gasteiger partial charge in [-0.2, -0.15) is 0 Å². The highest BCUT2D eigenvalue weighted by molar-refractivity contribution is 4.96. The number of rotatable bonds is 1. The van der Waals surface area contributed by atoms with E-state index >= 15 is 0 Å². The van der Waals surface area contributed by atoms with Crippen LogP contribution in [0.3, 0.4) is 0 Å². The van der Waals surface area contributed by atoms with Crippen molar-refractivity contribution in [3.05, 3.63) is 0 Å². The number of hydrogen-bond donors (Lipinski definition) is 1. The summed E-state index contributed by atoms with van der Waals surface area (Å²) in [6.07, 6.45) is 7.24. The van der Waals surface area contributed by atoms with E-state index in [1.54, 1.807) is 0 Å². The monoisotopic (exact) mass is 182 g/mol. The number of aliphatic hydroxyl groups is 1. The smallest absolute Gasteiger partial charge is 0.0676 e. The second-order valence-corrected chi connectivity index (χ2v) is 5.42. The minimum Gasteiger partial charge on any atom is -0.390 e. The van der Waals surface area contributed by atoms with Gasteiger partial charge in [0.15, 0.2) is 0 Å². The lowest BCUT2D eigenvalue weighted by Crippen LogP contribution is -2.46. The Hall–Kier alpha value is -0.0400. The van der Waals surface area contributed by atoms with E-state index in [9.17, 15) is 5.11 Å². The summed E-state index contributed by atoms with van der Waals surface area (Å²) >= 11 is 0. The van der Waals surface area contributed by atoms with Crippen LogP contribution in [-0.2, 0) is 0 Å². The van der Waals surface area contributed by atoms with Gasteiger partial charge in [0, 0.05) is 0 Å². The van der Waals surface area contributed by atoms with Gasteiger partial charge in [0.1, 0.15) is 0 Å². The molecule has 2 fully saturated rings. The van der Waals surface area contributed by atoms with Crippen molar-refractivity contribution in [1.29, 1.82) is 0 Å². The Morgan fingerprint density at radius 1 is 1.08 bits per heavy atom. The van der Waals surface area contributed by atoms with E-state index in [4.69, 9.17) is 0 Å². The molecule has 76 valence electrons. The molecule has 13 heavy (non-hydrogen) atoms. The molecule has 0 heterocycles. The molecule has 1 nitrogen and oxygen atoms in total. The van der Waals surface area contributed by atoms with E-state index in [1.165, 1.54) is 25.7 Å². The zero-order valence-electron chi connectivity index (χ0n) is 8.92. The largest absolute Gasteiger partial charge is 0.390 e. The molecule has 1 N–H and O–H groups in total. The average Bonchev–Trinajstić information content (AvgIpc) is 2.06. The Balaban J connectivity index is 1.94. The summed E-state index contributed by atoms with van der Waals surface area (Å²) in [6, 6.07) is 0. The molecule has 2 aliphatic carbocycles. The minimum atomic E-state index is -0.242. The molecule has 2 saturated carbocycles. The predicted molar refractivity (Wildman–Crippen MR) is 54.5 cm³/mol. The van der Waals surface area contributed by atoms with Gasteiger partial charge in [-0.15, -0.1) is 0 Å². The summed E-state index contributed by atoms with van der Waals surface area (Å²) in [6.45, 7) is 4.70. The second-order valence-electron chi connectivity index (χ2n) is 5.42. The SMILES string of the molecule is CC1CCC(C2(O)CCC2)CC1C.